The summed E-state index contributed by atoms with van der Waals surface area (Å²) < 4.78 is 5.64. The van der Waals surface area contributed by atoms with Crippen LogP contribution in [-0.4, -0.2) is 34.6 Å². The fourth-order valence-electron chi connectivity index (χ4n) is 2.65. The lowest BCUT2D eigenvalue weighted by Crippen LogP contribution is -2.28. The van der Waals surface area contributed by atoms with Crippen molar-refractivity contribution < 1.29 is 9.66 Å². The molecule has 2 N–H and O–H groups in total. The molecule has 112 valence electrons. The number of non-ortho nitro benzene ring substituents is 1. The number of fused-ring (bicyclic) bond motifs is 1. The molecular formula is C14H18N4O3. The second kappa shape index (κ2) is 6.09. The van der Waals surface area contributed by atoms with E-state index in [1.54, 1.807) is 6.07 Å². The zero-order chi connectivity index (χ0) is 14.7. The largest absolute Gasteiger partial charge is 0.465 e. The number of H-pyrrole nitrogens is 1. The number of rotatable bonds is 5. The number of hydrogen-bond acceptors (Lipinski definition) is 5. The molecule has 7 heteroatoms. The fraction of sp³-hybridized carbons (Fsp3) is 0.500. The highest BCUT2D eigenvalue weighted by Gasteiger charge is 2.14. The van der Waals surface area contributed by atoms with Crippen molar-refractivity contribution in [3.05, 3.63) is 28.3 Å². The minimum atomic E-state index is -0.419. The van der Waals surface area contributed by atoms with Gasteiger partial charge in [-0.05, 0) is 44.3 Å². The summed E-state index contributed by atoms with van der Waals surface area (Å²) in [6.45, 7) is 2.78. The Labute approximate surface area is 121 Å². The van der Waals surface area contributed by atoms with Gasteiger partial charge in [0.25, 0.3) is 11.7 Å². The number of aromatic amines is 1. The monoisotopic (exact) mass is 290 g/mol. The first-order chi connectivity index (χ1) is 10.2. The van der Waals surface area contributed by atoms with Crippen LogP contribution in [0.1, 0.15) is 19.3 Å². The summed E-state index contributed by atoms with van der Waals surface area (Å²) in [5.41, 5.74) is 1.35. The Hall–Kier alpha value is -2.15. The van der Waals surface area contributed by atoms with E-state index in [-0.39, 0.29) is 5.69 Å². The Balaban J connectivity index is 1.60. The molecule has 3 rings (SSSR count). The van der Waals surface area contributed by atoms with Crippen molar-refractivity contribution in [2.45, 2.75) is 19.3 Å². The van der Waals surface area contributed by atoms with Gasteiger partial charge in [0.2, 0.25) is 0 Å². The number of nitro benzene ring substituents is 1. The van der Waals surface area contributed by atoms with Gasteiger partial charge in [-0.3, -0.25) is 10.1 Å². The highest BCUT2D eigenvalue weighted by molar-refractivity contribution is 5.78. The Bertz CT molecular complexity index is 634. The predicted molar refractivity (Wildman–Crippen MR) is 78.5 cm³/mol. The zero-order valence-corrected chi connectivity index (χ0v) is 11.7. The number of imidazole rings is 1. The van der Waals surface area contributed by atoms with Crippen LogP contribution < -0.4 is 10.1 Å². The first-order valence-electron chi connectivity index (χ1n) is 7.20. The summed E-state index contributed by atoms with van der Waals surface area (Å²) in [7, 11) is 0. The summed E-state index contributed by atoms with van der Waals surface area (Å²) in [6, 6.07) is 4.98. The first-order valence-corrected chi connectivity index (χ1v) is 7.20. The second-order valence-electron chi connectivity index (χ2n) is 5.33. The number of nitrogens with one attached hydrogen (secondary N) is 2. The first kappa shape index (κ1) is 13.8. The normalized spacial score (nSPS) is 16.2. The SMILES string of the molecule is O=[N+]([O-])c1ccc2nc(OCCC3CCNCC3)[nH]c2c1. The van der Waals surface area contributed by atoms with Gasteiger partial charge in [-0.2, -0.15) is 4.98 Å². The van der Waals surface area contributed by atoms with E-state index in [1.807, 2.05) is 0 Å². The van der Waals surface area contributed by atoms with E-state index in [9.17, 15) is 10.1 Å². The van der Waals surface area contributed by atoms with Crippen LogP contribution in [0.25, 0.3) is 11.0 Å². The average molecular weight is 290 g/mol. The van der Waals surface area contributed by atoms with Gasteiger partial charge in [-0.1, -0.05) is 0 Å². The minimum Gasteiger partial charge on any atom is -0.465 e. The van der Waals surface area contributed by atoms with E-state index in [1.165, 1.54) is 25.0 Å². The number of nitro groups is 1. The summed E-state index contributed by atoms with van der Waals surface area (Å²) in [5.74, 6) is 0.705. The Kier molecular flexibility index (Phi) is 4.01. The predicted octanol–water partition coefficient (Wildman–Crippen LogP) is 2.24. The van der Waals surface area contributed by atoms with Crippen molar-refractivity contribution in [3.8, 4) is 6.01 Å². The molecule has 7 nitrogen and oxygen atoms in total. The molecule has 1 aliphatic heterocycles. The summed E-state index contributed by atoms with van der Waals surface area (Å²) in [5, 5.41) is 14.1. The third kappa shape index (κ3) is 3.30. The Morgan fingerprint density at radius 3 is 2.95 bits per heavy atom. The molecule has 21 heavy (non-hydrogen) atoms. The van der Waals surface area contributed by atoms with Gasteiger partial charge in [-0.15, -0.1) is 0 Å². The number of piperidine rings is 1. The van der Waals surface area contributed by atoms with Gasteiger partial charge in [0, 0.05) is 12.1 Å². The van der Waals surface area contributed by atoms with Crippen molar-refractivity contribution >= 4 is 16.7 Å². The zero-order valence-electron chi connectivity index (χ0n) is 11.7. The van der Waals surface area contributed by atoms with Crippen molar-refractivity contribution in [2.75, 3.05) is 19.7 Å². The molecule has 1 aliphatic rings. The molecule has 1 saturated heterocycles. The van der Waals surface area contributed by atoms with Gasteiger partial charge < -0.3 is 15.0 Å². The highest BCUT2D eigenvalue weighted by Crippen LogP contribution is 2.22. The van der Waals surface area contributed by atoms with Gasteiger partial charge in [0.05, 0.1) is 22.6 Å². The van der Waals surface area contributed by atoms with Crippen LogP contribution in [-0.2, 0) is 0 Å². The lowest BCUT2D eigenvalue weighted by atomic mass is 9.95. The Morgan fingerprint density at radius 1 is 1.38 bits per heavy atom. The molecule has 0 bridgehead atoms. The summed E-state index contributed by atoms with van der Waals surface area (Å²) in [4.78, 5) is 17.6. The molecule has 2 aromatic rings. The molecule has 1 aromatic carbocycles. The van der Waals surface area contributed by atoms with E-state index in [0.29, 0.717) is 29.6 Å². The van der Waals surface area contributed by atoms with Crippen molar-refractivity contribution in [3.63, 3.8) is 0 Å². The highest BCUT2D eigenvalue weighted by atomic mass is 16.6. The van der Waals surface area contributed by atoms with Crippen LogP contribution in [0.2, 0.25) is 0 Å². The molecule has 0 atom stereocenters. The number of benzene rings is 1. The third-order valence-electron chi connectivity index (χ3n) is 3.88. The smallest absolute Gasteiger partial charge is 0.294 e. The molecule has 0 radical (unpaired) electrons. The van der Waals surface area contributed by atoms with E-state index in [2.05, 4.69) is 15.3 Å². The van der Waals surface area contributed by atoms with E-state index < -0.39 is 4.92 Å². The number of aromatic nitrogens is 2. The molecule has 0 spiro atoms. The van der Waals surface area contributed by atoms with Gasteiger partial charge in [-0.25, -0.2) is 0 Å². The van der Waals surface area contributed by atoms with Crippen molar-refractivity contribution in [1.82, 2.24) is 15.3 Å². The molecule has 1 aromatic heterocycles. The van der Waals surface area contributed by atoms with E-state index in [0.717, 1.165) is 19.5 Å². The number of nitrogens with zero attached hydrogens (tertiary/aromatic N) is 2. The third-order valence-corrected chi connectivity index (χ3v) is 3.88. The lowest BCUT2D eigenvalue weighted by molar-refractivity contribution is -0.384. The van der Waals surface area contributed by atoms with Crippen molar-refractivity contribution in [2.24, 2.45) is 5.92 Å². The van der Waals surface area contributed by atoms with Gasteiger partial charge in [0.15, 0.2) is 0 Å². The number of hydrogen-bond donors (Lipinski definition) is 2. The summed E-state index contributed by atoms with van der Waals surface area (Å²) >= 11 is 0. The van der Waals surface area contributed by atoms with Crippen LogP contribution in [0, 0.1) is 16.0 Å². The van der Waals surface area contributed by atoms with Crippen LogP contribution in [0.4, 0.5) is 5.69 Å². The average Bonchev–Trinajstić information content (AvgIpc) is 2.90. The van der Waals surface area contributed by atoms with Crippen LogP contribution in [0.3, 0.4) is 0 Å². The lowest BCUT2D eigenvalue weighted by Gasteiger charge is -2.22. The maximum absolute atomic E-state index is 10.7. The van der Waals surface area contributed by atoms with Crippen molar-refractivity contribution in [1.29, 1.82) is 0 Å². The topological polar surface area (TPSA) is 93.1 Å². The van der Waals surface area contributed by atoms with Crippen LogP contribution >= 0.6 is 0 Å². The van der Waals surface area contributed by atoms with E-state index in [4.69, 9.17) is 4.74 Å². The van der Waals surface area contributed by atoms with Gasteiger partial charge >= 0.3 is 0 Å². The van der Waals surface area contributed by atoms with Crippen LogP contribution in [0.5, 0.6) is 6.01 Å². The quantitative estimate of drug-likeness (QED) is 0.650. The Morgan fingerprint density at radius 2 is 2.19 bits per heavy atom. The number of ether oxygens (including phenoxy) is 1. The van der Waals surface area contributed by atoms with E-state index >= 15 is 0 Å². The minimum absolute atomic E-state index is 0.0485. The molecule has 0 amide bonds. The fourth-order valence-corrected chi connectivity index (χ4v) is 2.65. The maximum Gasteiger partial charge on any atom is 0.294 e. The molecule has 0 aliphatic carbocycles. The molecule has 0 unspecified atom stereocenters. The van der Waals surface area contributed by atoms with Crippen LogP contribution in [0.15, 0.2) is 18.2 Å². The summed E-state index contributed by atoms with van der Waals surface area (Å²) in [6.07, 6.45) is 3.39. The van der Waals surface area contributed by atoms with Gasteiger partial charge in [0.1, 0.15) is 0 Å². The molecule has 1 fully saturated rings. The molecule has 0 saturated carbocycles. The standard InChI is InChI=1S/C14H18N4O3/c19-18(20)11-1-2-12-13(9-11)17-14(16-12)21-8-5-10-3-6-15-7-4-10/h1-2,9-10,15H,3-8H2,(H,16,17). The molecule has 2 heterocycles. The maximum atomic E-state index is 10.7. The molecular weight excluding hydrogens is 272 g/mol. The second-order valence-corrected chi connectivity index (χ2v) is 5.33.